The fourth-order valence-corrected chi connectivity index (χ4v) is 4.69. The average Bonchev–Trinajstić information content (AvgIpc) is 3.34. The number of hydrogen-bond donors (Lipinski definition) is 2. The summed E-state index contributed by atoms with van der Waals surface area (Å²) in [5.74, 6) is 0.706. The highest BCUT2D eigenvalue weighted by Gasteiger charge is 2.24. The van der Waals surface area contributed by atoms with Crippen molar-refractivity contribution in [1.29, 1.82) is 0 Å². The van der Waals surface area contributed by atoms with Crippen molar-refractivity contribution >= 4 is 23.1 Å². The first-order valence-corrected chi connectivity index (χ1v) is 12.1. The number of halogens is 2. The second-order valence-corrected chi connectivity index (χ2v) is 9.03. The molecule has 3 heterocycles. The Hall–Kier alpha value is -4.05. The Labute approximate surface area is 213 Å². The number of anilines is 2. The van der Waals surface area contributed by atoms with E-state index in [-0.39, 0.29) is 11.7 Å². The van der Waals surface area contributed by atoms with Crippen molar-refractivity contribution in [3.63, 3.8) is 0 Å². The molecular formula is C27H28F2N6O2. The Morgan fingerprint density at radius 2 is 1.86 bits per heavy atom. The van der Waals surface area contributed by atoms with Crippen molar-refractivity contribution in [2.75, 3.05) is 25.5 Å². The minimum Gasteiger partial charge on any atom is -0.435 e. The van der Waals surface area contributed by atoms with E-state index in [0.29, 0.717) is 23.1 Å². The van der Waals surface area contributed by atoms with Gasteiger partial charge in [-0.05, 0) is 74.8 Å². The number of aryl methyl sites for hydroxylation is 1. The number of fused-ring (bicyclic) bond motifs is 1. The van der Waals surface area contributed by atoms with Crippen LogP contribution in [-0.2, 0) is 0 Å². The van der Waals surface area contributed by atoms with E-state index < -0.39 is 6.61 Å². The van der Waals surface area contributed by atoms with E-state index in [2.05, 4.69) is 25.3 Å². The third-order valence-electron chi connectivity index (χ3n) is 6.71. The molecular weight excluding hydrogens is 478 g/mol. The number of amides is 1. The molecule has 1 fully saturated rings. The van der Waals surface area contributed by atoms with Gasteiger partial charge in [0.05, 0.1) is 11.9 Å². The van der Waals surface area contributed by atoms with Crippen LogP contribution < -0.4 is 15.4 Å². The van der Waals surface area contributed by atoms with Gasteiger partial charge in [0.25, 0.3) is 5.91 Å². The van der Waals surface area contributed by atoms with Crippen LogP contribution in [-0.4, -0.2) is 58.0 Å². The first kappa shape index (κ1) is 24.6. The highest BCUT2D eigenvalue weighted by atomic mass is 19.3. The molecule has 2 aromatic heterocycles. The highest BCUT2D eigenvalue weighted by molar-refractivity contribution is 5.96. The molecule has 0 unspecified atom stereocenters. The zero-order chi connectivity index (χ0) is 25.9. The van der Waals surface area contributed by atoms with Crippen LogP contribution in [0.3, 0.4) is 0 Å². The Morgan fingerprint density at radius 1 is 1.11 bits per heavy atom. The van der Waals surface area contributed by atoms with E-state index in [0.717, 1.165) is 48.4 Å². The first-order valence-electron chi connectivity index (χ1n) is 12.1. The third-order valence-corrected chi connectivity index (χ3v) is 6.71. The molecule has 10 heteroatoms. The maximum atomic E-state index is 13.1. The predicted octanol–water partition coefficient (Wildman–Crippen LogP) is 4.87. The predicted molar refractivity (Wildman–Crippen MR) is 138 cm³/mol. The molecule has 0 spiro atoms. The Morgan fingerprint density at radius 3 is 2.54 bits per heavy atom. The van der Waals surface area contributed by atoms with Gasteiger partial charge in [-0.15, -0.1) is 0 Å². The first-order chi connectivity index (χ1) is 17.9. The van der Waals surface area contributed by atoms with Gasteiger partial charge >= 0.3 is 6.61 Å². The topological polar surface area (TPSA) is 83.8 Å². The lowest BCUT2D eigenvalue weighted by atomic mass is 10.0. The smallest absolute Gasteiger partial charge is 0.387 e. The molecule has 1 aliphatic heterocycles. The summed E-state index contributed by atoms with van der Waals surface area (Å²) in [5.41, 5.74) is 4.55. The molecule has 0 bridgehead atoms. The van der Waals surface area contributed by atoms with E-state index in [9.17, 15) is 13.6 Å². The summed E-state index contributed by atoms with van der Waals surface area (Å²) in [6.07, 6.45) is 7.06. The fraction of sp³-hybridized carbons (Fsp3) is 0.296. The number of likely N-dealkylation sites (tertiary alicyclic amines) is 1. The number of nitrogens with one attached hydrogen (secondary N) is 2. The Balaban J connectivity index is 1.34. The van der Waals surface area contributed by atoms with E-state index in [1.54, 1.807) is 30.7 Å². The van der Waals surface area contributed by atoms with Crippen LogP contribution in [0.4, 0.5) is 20.3 Å². The molecule has 4 aromatic rings. The molecule has 8 nitrogen and oxygen atoms in total. The molecule has 37 heavy (non-hydrogen) atoms. The average molecular weight is 507 g/mol. The summed E-state index contributed by atoms with van der Waals surface area (Å²) in [4.78, 5) is 24.0. The quantitative estimate of drug-likeness (QED) is 0.372. The molecule has 0 aliphatic carbocycles. The lowest BCUT2D eigenvalue weighted by molar-refractivity contribution is -0.0498. The standard InChI is InChI=1S/C27H28F2N6O2/c1-17-15-20(5-8-22(17)26(36)34-12-9-19(30-2)10-13-34)33-24-25-32-16-23(35(25)14-11-31-24)18-3-6-21(7-4-18)37-27(28)29/h3-8,11,14-16,19,27,30H,9-10,12-13H2,1-2H3,(H,31,33). The number of carbonyl (C=O) groups excluding carboxylic acids is 1. The number of benzene rings is 2. The number of piperidine rings is 1. The maximum absolute atomic E-state index is 13.1. The van der Waals surface area contributed by atoms with Crippen molar-refractivity contribution in [2.24, 2.45) is 0 Å². The monoisotopic (exact) mass is 506 g/mol. The van der Waals surface area contributed by atoms with E-state index in [1.165, 1.54) is 12.1 Å². The number of imidazole rings is 1. The molecule has 2 N–H and O–H groups in total. The summed E-state index contributed by atoms with van der Waals surface area (Å²) in [7, 11) is 1.96. The molecule has 0 saturated carbocycles. The van der Waals surface area contributed by atoms with Crippen LogP contribution in [0.1, 0.15) is 28.8 Å². The number of carbonyl (C=O) groups is 1. The molecule has 2 aromatic carbocycles. The van der Waals surface area contributed by atoms with Gasteiger partial charge in [0.2, 0.25) is 0 Å². The van der Waals surface area contributed by atoms with Crippen LogP contribution >= 0.6 is 0 Å². The number of ether oxygens (including phenoxy) is 1. The fourth-order valence-electron chi connectivity index (χ4n) is 4.69. The summed E-state index contributed by atoms with van der Waals surface area (Å²) >= 11 is 0. The number of hydrogen-bond acceptors (Lipinski definition) is 6. The van der Waals surface area contributed by atoms with E-state index in [1.807, 2.05) is 41.5 Å². The third kappa shape index (κ3) is 5.24. The van der Waals surface area contributed by atoms with Crippen LogP contribution in [0.25, 0.3) is 16.9 Å². The molecule has 1 saturated heterocycles. The zero-order valence-electron chi connectivity index (χ0n) is 20.6. The largest absolute Gasteiger partial charge is 0.435 e. The molecule has 0 radical (unpaired) electrons. The van der Waals surface area contributed by atoms with Crippen molar-refractivity contribution in [3.8, 4) is 17.0 Å². The summed E-state index contributed by atoms with van der Waals surface area (Å²) in [5, 5.41) is 6.60. The van der Waals surface area contributed by atoms with Gasteiger partial charge in [0, 0.05) is 48.3 Å². The van der Waals surface area contributed by atoms with E-state index >= 15 is 0 Å². The lowest BCUT2D eigenvalue weighted by Gasteiger charge is -2.32. The minimum atomic E-state index is -2.87. The summed E-state index contributed by atoms with van der Waals surface area (Å²) < 4.78 is 31.2. The van der Waals surface area contributed by atoms with Crippen LogP contribution in [0.15, 0.2) is 61.1 Å². The van der Waals surface area contributed by atoms with Gasteiger partial charge < -0.3 is 20.3 Å². The zero-order valence-corrected chi connectivity index (χ0v) is 20.6. The molecule has 1 aliphatic rings. The minimum absolute atomic E-state index is 0.0571. The summed E-state index contributed by atoms with van der Waals surface area (Å²) in [6.45, 7) is 0.565. The number of nitrogens with zero attached hydrogens (tertiary/aromatic N) is 4. The molecule has 1 amide bonds. The van der Waals surface area contributed by atoms with Crippen molar-refractivity contribution < 1.29 is 18.3 Å². The molecule has 0 atom stereocenters. The van der Waals surface area contributed by atoms with Crippen LogP contribution in [0.2, 0.25) is 0 Å². The SMILES string of the molecule is CNC1CCN(C(=O)c2ccc(Nc3nccn4c(-c5ccc(OC(F)F)cc5)cnc34)cc2C)CC1. The van der Waals surface area contributed by atoms with Gasteiger partial charge in [-0.1, -0.05) is 0 Å². The van der Waals surface area contributed by atoms with Crippen molar-refractivity contribution in [1.82, 2.24) is 24.6 Å². The van der Waals surface area contributed by atoms with Gasteiger partial charge in [-0.3, -0.25) is 9.20 Å². The van der Waals surface area contributed by atoms with Gasteiger partial charge in [0.1, 0.15) is 5.75 Å². The number of aromatic nitrogens is 3. The summed E-state index contributed by atoms with van der Waals surface area (Å²) in [6, 6.07) is 12.5. The highest BCUT2D eigenvalue weighted by Crippen LogP contribution is 2.28. The van der Waals surface area contributed by atoms with Crippen molar-refractivity contribution in [2.45, 2.75) is 32.4 Å². The molecule has 5 rings (SSSR count). The molecule has 192 valence electrons. The van der Waals surface area contributed by atoms with Crippen LogP contribution in [0, 0.1) is 6.92 Å². The van der Waals surface area contributed by atoms with Crippen molar-refractivity contribution in [3.05, 3.63) is 72.2 Å². The number of rotatable bonds is 7. The Bertz CT molecular complexity index is 1400. The number of alkyl halides is 2. The second-order valence-electron chi connectivity index (χ2n) is 9.03. The van der Waals surface area contributed by atoms with Gasteiger partial charge in [0.15, 0.2) is 11.5 Å². The maximum Gasteiger partial charge on any atom is 0.387 e. The van der Waals surface area contributed by atoms with E-state index in [4.69, 9.17) is 0 Å². The Kier molecular flexibility index (Phi) is 7.00. The van der Waals surface area contributed by atoms with Crippen LogP contribution in [0.5, 0.6) is 5.75 Å². The van der Waals surface area contributed by atoms with Gasteiger partial charge in [-0.2, -0.15) is 8.78 Å². The second kappa shape index (κ2) is 10.5. The normalized spacial score (nSPS) is 14.4. The van der Waals surface area contributed by atoms with Gasteiger partial charge in [-0.25, -0.2) is 9.97 Å². The lowest BCUT2D eigenvalue weighted by Crippen LogP contribution is -2.44.